The molecule has 9 heteroatoms. The fraction of sp³-hybridized carbons (Fsp3) is 0.246. The molecule has 0 amide bonds. The number of oxazole rings is 1. The number of imidazole rings is 1. The minimum atomic E-state index is 0.625. The zero-order valence-corrected chi connectivity index (χ0v) is 46.4. The normalized spacial score (nSPS) is 11.6. The minimum absolute atomic E-state index is 0.625. The third kappa shape index (κ3) is 36.0. The molecule has 5 heterocycles. The van der Waals surface area contributed by atoms with Crippen LogP contribution in [0.3, 0.4) is 0 Å². The van der Waals surface area contributed by atoms with Crippen molar-refractivity contribution in [2.45, 2.75) is 102 Å². The van der Waals surface area contributed by atoms with Crippen molar-refractivity contribution in [2.75, 3.05) is 6.54 Å². The summed E-state index contributed by atoms with van der Waals surface area (Å²) in [5.74, 6) is 0. The predicted octanol–water partition coefficient (Wildman–Crippen LogP) is 15.8. The third-order valence-corrected chi connectivity index (χ3v) is 10.1. The topological polar surface area (TPSA) is 132 Å². The number of hydrogen-bond acceptors (Lipinski definition) is 7. The lowest BCUT2D eigenvalue weighted by Crippen LogP contribution is -1.97. The Labute approximate surface area is 445 Å². The summed E-state index contributed by atoms with van der Waals surface area (Å²) in [7, 11) is 0. The van der Waals surface area contributed by atoms with Gasteiger partial charge in [-0.3, -0.25) is 9.98 Å². The standard InChI is InChI=1S/C9H11N.C9H12.C8H11N.C7H9N.2C7H8.2C5H7N.C4H6N2.C4H5NO/c1-7-3-5-9(6-4-7)8(2)10;1-3-9-6-4-8(2)5-7-9;1-7-3-2-4-8(5-7)6-9;1-7-3-5-8(2)6-4-7;2*1-7-5-3-2-4-6-7;1-5-2-3-6-4-5;1-5-3-2-4-6-5;1-4-2-5-3-6-4;1-4-2-6-3-5-4/h3-6,10H,1-2H3;4-7H,3H2,1-2H3;2-5H,6,9H2,1H3;3-6H,2H2,1H3;2*2-6H,1H3;2,4H,3H2,1H3;3-4H,2H2,1H3;2-3H,1H3,(H,5,6);2-3H,1H3. The Balaban J connectivity index is 0.000000413. The monoisotopic (exact) mass is 993 g/mol. The maximum absolute atomic E-state index is 7.31. The van der Waals surface area contributed by atoms with Gasteiger partial charge in [0.1, 0.15) is 6.26 Å². The Hall–Kier alpha value is -8.01. The van der Waals surface area contributed by atoms with E-state index in [0.717, 1.165) is 42.0 Å². The van der Waals surface area contributed by atoms with Gasteiger partial charge in [0.2, 0.25) is 0 Å². The molecule has 0 spiro atoms. The molecular weight excluding hydrogens is 909 g/mol. The van der Waals surface area contributed by atoms with Gasteiger partial charge in [-0.1, -0.05) is 199 Å². The second kappa shape index (κ2) is 40.6. The molecule has 5 aromatic carbocycles. The maximum Gasteiger partial charge on any atom is 0.180 e. The molecule has 0 fully saturated rings. The Morgan fingerprint density at radius 1 is 0.716 bits per heavy atom. The van der Waals surface area contributed by atoms with Crippen LogP contribution in [0.5, 0.6) is 0 Å². The number of nitrogens with two attached hydrogens (primary N) is 1. The summed E-state index contributed by atoms with van der Waals surface area (Å²) in [5.41, 5.74) is 21.9. The van der Waals surface area contributed by atoms with Crippen LogP contribution in [0.1, 0.15) is 96.9 Å². The van der Waals surface area contributed by atoms with Crippen LogP contribution in [0, 0.1) is 60.4 Å². The molecule has 9 nitrogen and oxygen atoms in total. The number of nitrogens with one attached hydrogen (secondary N) is 2. The predicted molar refractivity (Wildman–Crippen MR) is 319 cm³/mol. The van der Waals surface area contributed by atoms with E-state index in [1.807, 2.05) is 138 Å². The quantitative estimate of drug-likeness (QED) is 0.0924. The van der Waals surface area contributed by atoms with Gasteiger partial charge in [-0.2, -0.15) is 0 Å². The largest absolute Gasteiger partial charge is 0.452 e. The summed E-state index contributed by atoms with van der Waals surface area (Å²) in [5, 5.41) is 7.31. The van der Waals surface area contributed by atoms with E-state index in [4.69, 9.17) is 11.1 Å². The van der Waals surface area contributed by atoms with Gasteiger partial charge in [-0.05, 0) is 97.9 Å². The van der Waals surface area contributed by atoms with Crippen molar-refractivity contribution in [3.05, 3.63) is 268 Å². The van der Waals surface area contributed by atoms with Crippen molar-refractivity contribution < 1.29 is 8.99 Å². The van der Waals surface area contributed by atoms with Crippen molar-refractivity contribution in [1.82, 2.24) is 15.0 Å². The number of allylic oxidation sites excluding steroid dienone is 5. The Morgan fingerprint density at radius 2 is 1.30 bits per heavy atom. The van der Waals surface area contributed by atoms with E-state index in [1.165, 1.54) is 56.5 Å². The van der Waals surface area contributed by atoms with Crippen LogP contribution < -0.4 is 5.73 Å². The number of nitrogens with zero attached hydrogens (tertiary/aromatic N) is 5. The molecule has 390 valence electrons. The Kier molecular flexibility index (Phi) is 35.1. The Bertz CT molecular complexity index is 2600. The van der Waals surface area contributed by atoms with Crippen LogP contribution in [0.4, 0.5) is 0 Å². The number of aliphatic imine (C=N–C) groups is 2. The summed E-state index contributed by atoms with van der Waals surface area (Å²) in [6.07, 6.45) is 22.6. The SMILES string of the molecule is C=[N+]1C=CC(C)=C[CH-]1.CC(=N)c1ccc(C)cc1.CC1=CCC=N1.CC1=CCN=C1.CCc1ccc(C)cc1.Cc1cccc(CN)c1.Cc1ccccc1.Cc1ccccc1.Cc1cnc[nH]1.Cc1cocn1. The van der Waals surface area contributed by atoms with Gasteiger partial charge in [0.15, 0.2) is 6.39 Å². The smallest absolute Gasteiger partial charge is 0.180 e. The highest BCUT2D eigenvalue weighted by Crippen LogP contribution is 2.06. The zero-order chi connectivity index (χ0) is 54.8. The zero-order valence-electron chi connectivity index (χ0n) is 46.4. The number of H-pyrrole nitrogens is 1. The van der Waals surface area contributed by atoms with Crippen LogP contribution in [-0.2, 0) is 13.0 Å². The summed E-state index contributed by atoms with van der Waals surface area (Å²) in [4.78, 5) is 18.3. The molecular formula is C65H84N8O. The van der Waals surface area contributed by atoms with Crippen LogP contribution >= 0.6 is 0 Å². The van der Waals surface area contributed by atoms with Gasteiger partial charge in [0.05, 0.1) is 38.0 Å². The fourth-order valence-corrected chi connectivity index (χ4v) is 5.58. The molecule has 0 saturated carbocycles. The first-order valence-electron chi connectivity index (χ1n) is 24.9. The summed E-state index contributed by atoms with van der Waals surface area (Å²) in [6.45, 7) is 31.5. The molecule has 0 bridgehead atoms. The molecule has 74 heavy (non-hydrogen) atoms. The van der Waals surface area contributed by atoms with E-state index in [2.05, 4.69) is 157 Å². The minimum Gasteiger partial charge on any atom is -0.452 e. The highest BCUT2D eigenvalue weighted by atomic mass is 16.3. The Morgan fingerprint density at radius 3 is 1.57 bits per heavy atom. The summed E-state index contributed by atoms with van der Waals surface area (Å²) >= 11 is 0. The molecule has 0 aliphatic carbocycles. The average molecular weight is 993 g/mol. The average Bonchev–Trinajstić information content (AvgIpc) is 4.28. The first-order chi connectivity index (χ1) is 35.5. The molecule has 3 aliphatic rings. The molecule has 0 radical (unpaired) electrons. The number of rotatable bonds is 3. The van der Waals surface area contributed by atoms with Crippen LogP contribution in [-0.4, -0.2) is 50.9 Å². The number of hydrogen-bond donors (Lipinski definition) is 3. The number of aromatic amines is 1. The van der Waals surface area contributed by atoms with Gasteiger partial charge in [0, 0.05) is 48.7 Å². The van der Waals surface area contributed by atoms with E-state index in [0.29, 0.717) is 12.3 Å². The maximum atomic E-state index is 7.31. The van der Waals surface area contributed by atoms with Gasteiger partial charge in [0.25, 0.3) is 0 Å². The van der Waals surface area contributed by atoms with Crippen LogP contribution in [0.2, 0.25) is 0 Å². The highest BCUT2D eigenvalue weighted by Gasteiger charge is 1.92. The summed E-state index contributed by atoms with van der Waals surface area (Å²) in [6, 6.07) is 45.4. The van der Waals surface area contributed by atoms with Crippen molar-refractivity contribution in [3.8, 4) is 0 Å². The highest BCUT2D eigenvalue weighted by molar-refractivity contribution is 5.96. The van der Waals surface area contributed by atoms with Crippen molar-refractivity contribution in [3.63, 3.8) is 0 Å². The van der Waals surface area contributed by atoms with Crippen LogP contribution in [0.15, 0.2) is 220 Å². The lowest BCUT2D eigenvalue weighted by Gasteiger charge is -2.04. The number of aromatic nitrogens is 3. The third-order valence-electron chi connectivity index (χ3n) is 10.1. The van der Waals surface area contributed by atoms with Gasteiger partial charge >= 0.3 is 0 Å². The van der Waals surface area contributed by atoms with Crippen molar-refractivity contribution in [2.24, 2.45) is 15.7 Å². The molecule has 3 aliphatic heterocycles. The molecule has 10 rings (SSSR count). The van der Waals surface area contributed by atoms with Crippen molar-refractivity contribution in [1.29, 1.82) is 5.41 Å². The van der Waals surface area contributed by atoms with E-state index in [-0.39, 0.29) is 0 Å². The van der Waals surface area contributed by atoms with E-state index in [9.17, 15) is 0 Å². The molecule has 0 unspecified atom stereocenters. The molecule has 0 saturated heterocycles. The van der Waals surface area contributed by atoms with Gasteiger partial charge in [-0.15, -0.1) is 5.57 Å². The van der Waals surface area contributed by atoms with Crippen LogP contribution in [0.25, 0.3) is 0 Å². The van der Waals surface area contributed by atoms with E-state index in [1.54, 1.807) is 30.3 Å². The first kappa shape index (κ1) is 64.0. The molecule has 0 atom stereocenters. The first-order valence-corrected chi connectivity index (χ1v) is 24.9. The second-order valence-electron chi connectivity index (χ2n) is 17.4. The lowest BCUT2D eigenvalue weighted by molar-refractivity contribution is -0.395. The second-order valence-corrected chi connectivity index (χ2v) is 17.4. The fourth-order valence-electron chi connectivity index (χ4n) is 5.58. The van der Waals surface area contributed by atoms with Gasteiger partial charge in [-0.25, -0.2) is 9.97 Å². The number of benzene rings is 5. The van der Waals surface area contributed by atoms with E-state index < -0.39 is 0 Å². The van der Waals surface area contributed by atoms with E-state index >= 15 is 0 Å². The van der Waals surface area contributed by atoms with Crippen molar-refractivity contribution >= 4 is 24.9 Å². The summed E-state index contributed by atoms with van der Waals surface area (Å²) < 4.78 is 6.37. The number of aryl methyl sites for hydroxylation is 8. The molecule has 2 aromatic heterocycles. The lowest BCUT2D eigenvalue weighted by atomic mass is 10.1. The van der Waals surface area contributed by atoms with Gasteiger partial charge < -0.3 is 25.1 Å². The molecule has 7 aromatic rings. The molecule has 4 N–H and O–H groups in total.